The van der Waals surface area contributed by atoms with Gasteiger partial charge in [0.15, 0.2) is 0 Å². The summed E-state index contributed by atoms with van der Waals surface area (Å²) in [5.41, 5.74) is 5.98. The topological polar surface area (TPSA) is 41.6 Å². The van der Waals surface area contributed by atoms with Crippen LogP contribution in [0, 0.1) is 6.92 Å². The van der Waals surface area contributed by atoms with E-state index >= 15 is 0 Å². The average Bonchev–Trinajstić information content (AvgIpc) is 2.98. The molecule has 0 bridgehead atoms. The number of H-pyrrole nitrogens is 1. The lowest BCUT2D eigenvalue weighted by molar-refractivity contribution is 1.20. The van der Waals surface area contributed by atoms with Crippen molar-refractivity contribution in [3.8, 4) is 22.6 Å². The fourth-order valence-corrected chi connectivity index (χ4v) is 2.79. The Kier molecular flexibility index (Phi) is 3.36. The quantitative estimate of drug-likeness (QED) is 0.548. The number of aromatic amines is 1. The van der Waals surface area contributed by atoms with Gasteiger partial charge < -0.3 is 4.98 Å². The summed E-state index contributed by atoms with van der Waals surface area (Å²) in [6.45, 7) is 2.00. The molecule has 0 atom stereocenters. The molecule has 0 aliphatic heterocycles. The molecule has 2 heterocycles. The van der Waals surface area contributed by atoms with E-state index in [0.717, 1.165) is 39.4 Å². The molecule has 0 fully saturated rings. The van der Waals surface area contributed by atoms with Crippen LogP contribution >= 0.6 is 11.6 Å². The summed E-state index contributed by atoms with van der Waals surface area (Å²) in [5.74, 6) is 0.839. The Hall–Kier alpha value is -2.65. The van der Waals surface area contributed by atoms with E-state index in [1.165, 1.54) is 0 Å². The van der Waals surface area contributed by atoms with Crippen molar-refractivity contribution >= 4 is 22.6 Å². The Balaban J connectivity index is 1.72. The summed E-state index contributed by atoms with van der Waals surface area (Å²) in [4.78, 5) is 12.5. The van der Waals surface area contributed by atoms with Crippen molar-refractivity contribution in [3.63, 3.8) is 0 Å². The van der Waals surface area contributed by atoms with Gasteiger partial charge >= 0.3 is 0 Å². The van der Waals surface area contributed by atoms with E-state index in [0.29, 0.717) is 5.02 Å². The standard InChI is InChI=1S/C19H14ClN3/c1-12-3-2-4-16(21-12)13-5-7-14(8-6-13)19-22-17-10-9-15(20)11-18(17)23-19/h2-11H,1H3,(H,22,23). The zero-order valence-corrected chi connectivity index (χ0v) is 13.3. The third kappa shape index (κ3) is 2.71. The Bertz CT molecular complexity index is 987. The number of hydrogen-bond acceptors (Lipinski definition) is 2. The van der Waals surface area contributed by atoms with Crippen LogP contribution in [0.3, 0.4) is 0 Å². The van der Waals surface area contributed by atoms with Gasteiger partial charge in [-0.15, -0.1) is 0 Å². The molecule has 0 aliphatic carbocycles. The van der Waals surface area contributed by atoms with Crippen LogP contribution < -0.4 is 0 Å². The van der Waals surface area contributed by atoms with Gasteiger partial charge in [0.05, 0.1) is 16.7 Å². The summed E-state index contributed by atoms with van der Waals surface area (Å²) in [7, 11) is 0. The second-order valence-electron chi connectivity index (χ2n) is 5.49. The summed E-state index contributed by atoms with van der Waals surface area (Å²) < 4.78 is 0. The first-order valence-corrected chi connectivity index (χ1v) is 7.76. The molecule has 0 spiro atoms. The van der Waals surface area contributed by atoms with Gasteiger partial charge in [0.2, 0.25) is 0 Å². The Labute approximate surface area is 139 Å². The number of halogens is 1. The lowest BCUT2D eigenvalue weighted by Gasteiger charge is -2.03. The minimum Gasteiger partial charge on any atom is -0.338 e. The van der Waals surface area contributed by atoms with Gasteiger partial charge in [-0.1, -0.05) is 41.9 Å². The predicted molar refractivity (Wildman–Crippen MR) is 94.5 cm³/mol. The van der Waals surface area contributed by atoms with E-state index < -0.39 is 0 Å². The highest BCUT2D eigenvalue weighted by Gasteiger charge is 2.06. The number of imidazole rings is 1. The van der Waals surface area contributed by atoms with Gasteiger partial charge in [-0.2, -0.15) is 0 Å². The summed E-state index contributed by atoms with van der Waals surface area (Å²) in [5, 5.41) is 0.702. The molecule has 0 unspecified atom stereocenters. The minimum atomic E-state index is 0.702. The van der Waals surface area contributed by atoms with Crippen LogP contribution in [-0.4, -0.2) is 15.0 Å². The largest absolute Gasteiger partial charge is 0.338 e. The normalized spacial score (nSPS) is 11.0. The second-order valence-corrected chi connectivity index (χ2v) is 5.92. The number of aromatic nitrogens is 3. The summed E-state index contributed by atoms with van der Waals surface area (Å²) >= 11 is 6.02. The molecular weight excluding hydrogens is 306 g/mol. The van der Waals surface area contributed by atoms with Crippen molar-refractivity contribution in [2.24, 2.45) is 0 Å². The lowest BCUT2D eigenvalue weighted by atomic mass is 10.1. The second kappa shape index (κ2) is 5.52. The first-order valence-electron chi connectivity index (χ1n) is 7.39. The number of pyridine rings is 1. The van der Waals surface area contributed by atoms with Crippen molar-refractivity contribution in [1.82, 2.24) is 15.0 Å². The Morgan fingerprint density at radius 2 is 1.65 bits per heavy atom. The number of rotatable bonds is 2. The first kappa shape index (κ1) is 14.0. The third-order valence-electron chi connectivity index (χ3n) is 3.79. The van der Waals surface area contributed by atoms with Gasteiger partial charge in [0.1, 0.15) is 5.82 Å². The van der Waals surface area contributed by atoms with Gasteiger partial charge in [-0.3, -0.25) is 4.98 Å². The molecule has 4 rings (SSSR count). The summed E-state index contributed by atoms with van der Waals surface area (Å²) in [6, 6.07) is 19.9. The third-order valence-corrected chi connectivity index (χ3v) is 4.02. The van der Waals surface area contributed by atoms with Crippen molar-refractivity contribution in [3.05, 3.63) is 71.4 Å². The average molecular weight is 320 g/mol. The zero-order valence-electron chi connectivity index (χ0n) is 12.5. The maximum atomic E-state index is 6.02. The van der Waals surface area contributed by atoms with E-state index in [1.807, 2.05) is 43.3 Å². The molecule has 0 radical (unpaired) electrons. The maximum Gasteiger partial charge on any atom is 0.138 e. The van der Waals surface area contributed by atoms with Crippen LogP contribution in [0.2, 0.25) is 5.02 Å². The number of nitrogens with zero attached hydrogens (tertiary/aromatic N) is 2. The fraction of sp³-hybridized carbons (Fsp3) is 0.0526. The van der Waals surface area contributed by atoms with Crippen molar-refractivity contribution in [2.45, 2.75) is 6.92 Å². The van der Waals surface area contributed by atoms with Crippen LogP contribution in [0.5, 0.6) is 0 Å². The fourth-order valence-electron chi connectivity index (χ4n) is 2.62. The van der Waals surface area contributed by atoms with Gasteiger partial charge in [0.25, 0.3) is 0 Å². The van der Waals surface area contributed by atoms with Crippen molar-refractivity contribution < 1.29 is 0 Å². The van der Waals surface area contributed by atoms with Crippen LogP contribution in [0.25, 0.3) is 33.7 Å². The minimum absolute atomic E-state index is 0.702. The van der Waals surface area contributed by atoms with Crippen LogP contribution in [0.4, 0.5) is 0 Å². The van der Waals surface area contributed by atoms with Gasteiger partial charge in [-0.25, -0.2) is 4.98 Å². The molecule has 0 saturated heterocycles. The number of hydrogen-bond donors (Lipinski definition) is 1. The smallest absolute Gasteiger partial charge is 0.138 e. The molecule has 23 heavy (non-hydrogen) atoms. The SMILES string of the molecule is Cc1cccc(-c2ccc(-c3nc4ccc(Cl)cc4[nH]3)cc2)n1. The number of benzene rings is 2. The molecular formula is C19H14ClN3. The Morgan fingerprint density at radius 3 is 2.43 bits per heavy atom. The number of nitrogens with one attached hydrogen (secondary N) is 1. The highest BCUT2D eigenvalue weighted by Crippen LogP contribution is 2.25. The maximum absolute atomic E-state index is 6.02. The van der Waals surface area contributed by atoms with Crippen molar-refractivity contribution in [1.29, 1.82) is 0 Å². The monoisotopic (exact) mass is 319 g/mol. The van der Waals surface area contributed by atoms with Gasteiger partial charge in [-0.05, 0) is 37.3 Å². The molecule has 4 aromatic rings. The molecule has 112 valence electrons. The molecule has 0 aliphatic rings. The lowest BCUT2D eigenvalue weighted by Crippen LogP contribution is -1.86. The molecule has 1 N–H and O–H groups in total. The molecule has 0 amide bonds. The Morgan fingerprint density at radius 1 is 0.870 bits per heavy atom. The molecule has 4 heteroatoms. The van der Waals surface area contributed by atoms with Crippen LogP contribution in [0.1, 0.15) is 5.69 Å². The predicted octanol–water partition coefficient (Wildman–Crippen LogP) is 5.25. The zero-order chi connectivity index (χ0) is 15.8. The molecule has 0 saturated carbocycles. The van der Waals surface area contributed by atoms with E-state index in [9.17, 15) is 0 Å². The highest BCUT2D eigenvalue weighted by molar-refractivity contribution is 6.31. The first-order chi connectivity index (χ1) is 11.2. The number of aryl methyl sites for hydroxylation is 1. The van der Waals surface area contributed by atoms with Crippen LogP contribution in [0.15, 0.2) is 60.7 Å². The van der Waals surface area contributed by atoms with E-state index in [1.54, 1.807) is 0 Å². The van der Waals surface area contributed by atoms with E-state index in [2.05, 4.69) is 39.2 Å². The number of fused-ring (bicyclic) bond motifs is 1. The van der Waals surface area contributed by atoms with E-state index in [-0.39, 0.29) is 0 Å². The molecule has 3 nitrogen and oxygen atoms in total. The van der Waals surface area contributed by atoms with Gasteiger partial charge in [0, 0.05) is 21.8 Å². The summed E-state index contributed by atoms with van der Waals surface area (Å²) in [6.07, 6.45) is 0. The van der Waals surface area contributed by atoms with E-state index in [4.69, 9.17) is 11.6 Å². The van der Waals surface area contributed by atoms with Crippen LogP contribution in [-0.2, 0) is 0 Å². The molecule has 2 aromatic heterocycles. The molecule has 2 aromatic carbocycles. The van der Waals surface area contributed by atoms with Crippen molar-refractivity contribution in [2.75, 3.05) is 0 Å². The highest BCUT2D eigenvalue weighted by atomic mass is 35.5.